The number of nitrogens with one attached hydrogen (secondary N) is 1. The first-order valence-corrected chi connectivity index (χ1v) is 8.20. The molecule has 1 aromatic heterocycles. The Morgan fingerprint density at radius 2 is 2.10 bits per heavy atom. The van der Waals surface area contributed by atoms with E-state index >= 15 is 0 Å². The molecule has 0 amide bonds. The average molecular weight is 380 g/mol. The molecule has 0 aliphatic heterocycles. The van der Waals surface area contributed by atoms with Crippen molar-refractivity contribution >= 4 is 26.0 Å². The zero-order chi connectivity index (χ0) is 15.6. The van der Waals surface area contributed by atoms with Gasteiger partial charge >= 0.3 is 0 Å². The van der Waals surface area contributed by atoms with Crippen LogP contribution < -0.4 is 4.72 Å². The average Bonchev–Trinajstić information content (AvgIpc) is 2.72. The Labute approximate surface area is 129 Å². The van der Waals surface area contributed by atoms with Crippen LogP contribution >= 0.6 is 15.9 Å². The van der Waals surface area contributed by atoms with Crippen molar-refractivity contribution in [1.82, 2.24) is 14.5 Å². The van der Waals surface area contributed by atoms with Crippen LogP contribution in [-0.2, 0) is 23.5 Å². The fraction of sp³-hybridized carbons (Fsp3) is 0.250. The lowest BCUT2D eigenvalue weighted by Gasteiger charge is -2.09. The molecule has 1 aromatic carbocycles. The Morgan fingerprint density at radius 1 is 1.38 bits per heavy atom. The van der Waals surface area contributed by atoms with Gasteiger partial charge in [-0.1, -0.05) is 0 Å². The second-order valence-electron chi connectivity index (χ2n) is 4.33. The molecule has 0 saturated carbocycles. The van der Waals surface area contributed by atoms with Crippen LogP contribution in [0.15, 0.2) is 33.8 Å². The summed E-state index contributed by atoms with van der Waals surface area (Å²) in [5, 5.41) is 4.10. The highest BCUT2D eigenvalue weighted by atomic mass is 79.9. The highest BCUT2D eigenvalue weighted by Gasteiger charge is 2.23. The molecule has 2 rings (SSSR count). The smallest absolute Gasteiger partial charge is 0.244 e. The molecule has 0 atom stereocenters. The lowest BCUT2D eigenvalue weighted by atomic mass is 10.3. The van der Waals surface area contributed by atoms with Crippen molar-refractivity contribution in [2.24, 2.45) is 7.05 Å². The Kier molecular flexibility index (Phi) is 4.74. The van der Waals surface area contributed by atoms with Crippen LogP contribution in [-0.4, -0.2) is 24.7 Å². The molecule has 114 valence electrons. The molecular weight excluding hydrogens is 368 g/mol. The lowest BCUT2D eigenvalue weighted by Crippen LogP contribution is -2.27. The minimum Gasteiger partial charge on any atom is -0.276 e. The second-order valence-corrected chi connectivity index (χ2v) is 6.89. The molecule has 9 heteroatoms. The summed E-state index contributed by atoms with van der Waals surface area (Å²) >= 11 is 2.86. The molecule has 0 fully saturated rings. The number of benzene rings is 1. The normalized spacial score (nSPS) is 11.8. The predicted octanol–water partition coefficient (Wildman–Crippen LogP) is 1.98. The first kappa shape index (κ1) is 16.1. The highest BCUT2D eigenvalue weighted by molar-refractivity contribution is 9.10. The molecule has 0 bridgehead atoms. The minimum absolute atomic E-state index is 0.0581. The summed E-state index contributed by atoms with van der Waals surface area (Å²) in [6.07, 6.45) is 2.10. The standard InChI is InChI=1S/C12H12BrF2N3O2S/c1-18-5-3-9(17-18)2-4-16-21(19,20)12-10(13)6-8(14)7-11(12)15/h3,5-7,16H,2,4H2,1H3. The van der Waals surface area contributed by atoms with Gasteiger partial charge in [-0.3, -0.25) is 4.68 Å². The van der Waals surface area contributed by atoms with Gasteiger partial charge in [0.2, 0.25) is 10.0 Å². The van der Waals surface area contributed by atoms with E-state index < -0.39 is 26.6 Å². The van der Waals surface area contributed by atoms with E-state index in [4.69, 9.17) is 0 Å². The van der Waals surface area contributed by atoms with Gasteiger partial charge in [0, 0.05) is 36.7 Å². The Balaban J connectivity index is 2.12. The van der Waals surface area contributed by atoms with Gasteiger partial charge in [-0.2, -0.15) is 5.10 Å². The summed E-state index contributed by atoms with van der Waals surface area (Å²) in [5.41, 5.74) is 0.707. The van der Waals surface area contributed by atoms with Crippen molar-refractivity contribution < 1.29 is 17.2 Å². The van der Waals surface area contributed by atoms with Crippen molar-refractivity contribution in [2.45, 2.75) is 11.3 Å². The maximum Gasteiger partial charge on any atom is 0.244 e. The van der Waals surface area contributed by atoms with E-state index in [0.29, 0.717) is 18.2 Å². The second kappa shape index (κ2) is 6.20. The zero-order valence-corrected chi connectivity index (χ0v) is 13.4. The van der Waals surface area contributed by atoms with Gasteiger partial charge in [0.05, 0.1) is 5.69 Å². The van der Waals surface area contributed by atoms with Gasteiger partial charge in [-0.25, -0.2) is 21.9 Å². The highest BCUT2D eigenvalue weighted by Crippen LogP contribution is 2.25. The summed E-state index contributed by atoms with van der Waals surface area (Å²) in [6, 6.07) is 3.18. The van der Waals surface area contributed by atoms with Gasteiger partial charge in [0.25, 0.3) is 0 Å². The van der Waals surface area contributed by atoms with Gasteiger partial charge in [0.1, 0.15) is 16.5 Å². The summed E-state index contributed by atoms with van der Waals surface area (Å²) in [4.78, 5) is -0.607. The monoisotopic (exact) mass is 379 g/mol. The molecule has 5 nitrogen and oxygen atoms in total. The number of rotatable bonds is 5. The number of hydrogen-bond acceptors (Lipinski definition) is 3. The van der Waals surface area contributed by atoms with Crippen LogP contribution in [0.5, 0.6) is 0 Å². The maximum atomic E-state index is 13.7. The van der Waals surface area contributed by atoms with Crippen LogP contribution in [0.25, 0.3) is 0 Å². The topological polar surface area (TPSA) is 64.0 Å². The molecule has 0 spiro atoms. The Hall–Kier alpha value is -1.32. The molecule has 0 radical (unpaired) electrons. The van der Waals surface area contributed by atoms with Crippen molar-refractivity contribution in [3.8, 4) is 0 Å². The third-order valence-corrected chi connectivity index (χ3v) is 5.10. The third-order valence-electron chi connectivity index (χ3n) is 2.67. The molecule has 1 N–H and O–H groups in total. The summed E-state index contributed by atoms with van der Waals surface area (Å²) in [5.74, 6) is -2.00. The quantitative estimate of drug-likeness (QED) is 0.863. The van der Waals surface area contributed by atoms with Crippen molar-refractivity contribution in [1.29, 1.82) is 0 Å². The van der Waals surface area contributed by atoms with Crippen molar-refractivity contribution in [3.63, 3.8) is 0 Å². The molecule has 2 aromatic rings. The van der Waals surface area contributed by atoms with Gasteiger partial charge < -0.3 is 0 Å². The van der Waals surface area contributed by atoms with E-state index in [9.17, 15) is 17.2 Å². The van der Waals surface area contributed by atoms with E-state index in [-0.39, 0.29) is 11.0 Å². The Bertz CT molecular complexity index is 739. The third kappa shape index (κ3) is 3.86. The van der Waals surface area contributed by atoms with E-state index in [0.717, 1.165) is 6.07 Å². The molecule has 1 heterocycles. The molecule has 0 aliphatic rings. The van der Waals surface area contributed by atoms with Crippen LogP contribution in [0.3, 0.4) is 0 Å². The van der Waals surface area contributed by atoms with E-state index in [2.05, 4.69) is 25.8 Å². The number of nitrogens with zero attached hydrogens (tertiary/aromatic N) is 2. The molecule has 0 unspecified atom stereocenters. The van der Waals surface area contributed by atoms with Crippen LogP contribution in [0.4, 0.5) is 8.78 Å². The van der Waals surface area contributed by atoms with Crippen molar-refractivity contribution in [3.05, 3.63) is 46.2 Å². The number of hydrogen-bond donors (Lipinski definition) is 1. The Morgan fingerprint density at radius 3 is 2.67 bits per heavy atom. The van der Waals surface area contributed by atoms with Gasteiger partial charge in [-0.05, 0) is 28.1 Å². The largest absolute Gasteiger partial charge is 0.276 e. The maximum absolute atomic E-state index is 13.7. The van der Waals surface area contributed by atoms with E-state index in [1.807, 2.05) is 0 Å². The predicted molar refractivity (Wildman–Crippen MR) is 76.2 cm³/mol. The number of halogens is 3. The number of sulfonamides is 1. The molecular formula is C12H12BrF2N3O2S. The minimum atomic E-state index is -4.07. The molecule has 0 aliphatic carbocycles. The number of aromatic nitrogens is 2. The van der Waals surface area contributed by atoms with Crippen LogP contribution in [0.2, 0.25) is 0 Å². The summed E-state index contributed by atoms with van der Waals surface area (Å²) < 4.78 is 54.4. The SMILES string of the molecule is Cn1ccc(CCNS(=O)(=O)c2c(F)cc(F)cc2Br)n1. The van der Waals surface area contributed by atoms with Crippen LogP contribution in [0.1, 0.15) is 5.69 Å². The summed E-state index contributed by atoms with van der Waals surface area (Å²) in [7, 11) is -2.33. The first-order chi connectivity index (χ1) is 9.79. The van der Waals surface area contributed by atoms with E-state index in [1.54, 1.807) is 24.0 Å². The first-order valence-electron chi connectivity index (χ1n) is 5.92. The lowest BCUT2D eigenvalue weighted by molar-refractivity contribution is 0.540. The molecule has 0 saturated heterocycles. The van der Waals surface area contributed by atoms with E-state index in [1.165, 1.54) is 0 Å². The molecule has 21 heavy (non-hydrogen) atoms. The van der Waals surface area contributed by atoms with Crippen molar-refractivity contribution in [2.75, 3.05) is 6.54 Å². The van der Waals surface area contributed by atoms with Gasteiger partial charge in [0.15, 0.2) is 0 Å². The van der Waals surface area contributed by atoms with Crippen LogP contribution in [0, 0.1) is 11.6 Å². The fourth-order valence-electron chi connectivity index (χ4n) is 1.77. The fourth-order valence-corrected chi connectivity index (χ4v) is 3.96. The van der Waals surface area contributed by atoms with Gasteiger partial charge in [-0.15, -0.1) is 0 Å². The number of aryl methyl sites for hydroxylation is 1. The zero-order valence-electron chi connectivity index (χ0n) is 11.0. The summed E-state index contributed by atoms with van der Waals surface area (Å²) in [6.45, 7) is 0.0581.